The molecule has 0 aliphatic heterocycles. The summed E-state index contributed by atoms with van der Waals surface area (Å²) < 4.78 is 6.52. The van der Waals surface area contributed by atoms with Crippen LogP contribution >= 0.6 is 0 Å². The lowest BCUT2D eigenvalue weighted by Crippen LogP contribution is -2.11. The second-order valence-electron chi connectivity index (χ2n) is 14.1. The van der Waals surface area contributed by atoms with Gasteiger partial charge in [0, 0.05) is 32.8 Å². The zero-order valence-electron chi connectivity index (χ0n) is 29.4. The van der Waals surface area contributed by atoms with Gasteiger partial charge in [0.1, 0.15) is 11.2 Å². The van der Waals surface area contributed by atoms with E-state index in [1.54, 1.807) is 0 Å². The van der Waals surface area contributed by atoms with Gasteiger partial charge in [0.15, 0.2) is 0 Å². The lowest BCUT2D eigenvalue weighted by atomic mass is 9.96. The summed E-state index contributed by atoms with van der Waals surface area (Å²) in [6.45, 7) is 0. The summed E-state index contributed by atoms with van der Waals surface area (Å²) in [5.74, 6) is 0. The Bertz CT molecular complexity index is 3220. The van der Waals surface area contributed by atoms with Gasteiger partial charge in [-0.15, -0.1) is 0 Å². The molecule has 0 aliphatic rings. The van der Waals surface area contributed by atoms with E-state index in [4.69, 9.17) is 4.42 Å². The fourth-order valence-electron chi connectivity index (χ4n) is 8.48. The molecule has 1 aromatic heterocycles. The molecule has 2 heteroatoms. The van der Waals surface area contributed by atoms with Crippen molar-refractivity contribution in [1.29, 1.82) is 0 Å². The summed E-state index contributed by atoms with van der Waals surface area (Å²) in [6.07, 6.45) is 0. The van der Waals surface area contributed by atoms with E-state index in [1.165, 1.54) is 48.8 Å². The number of para-hydroxylation sites is 1. The van der Waals surface area contributed by atoms with Gasteiger partial charge in [-0.3, -0.25) is 0 Å². The molecule has 0 atom stereocenters. The van der Waals surface area contributed by atoms with Gasteiger partial charge in [0.2, 0.25) is 0 Å². The third kappa shape index (κ3) is 4.81. The number of hydrogen-bond donors (Lipinski definition) is 0. The summed E-state index contributed by atoms with van der Waals surface area (Å²) in [4.78, 5) is 2.44. The molecule has 0 bridgehead atoms. The summed E-state index contributed by atoms with van der Waals surface area (Å²) in [6, 6.07) is 72.4. The van der Waals surface area contributed by atoms with Crippen molar-refractivity contribution in [3.63, 3.8) is 0 Å². The Kier molecular flexibility index (Phi) is 6.90. The van der Waals surface area contributed by atoms with Crippen LogP contribution in [-0.4, -0.2) is 0 Å². The predicted octanol–water partition coefficient (Wildman–Crippen LogP) is 15.0. The third-order valence-corrected chi connectivity index (χ3v) is 11.0. The largest absolute Gasteiger partial charge is 0.455 e. The molecule has 11 aromatic rings. The molecule has 54 heavy (non-hydrogen) atoms. The standard InChI is InChI=1S/C52H33NO/c1-4-15-40-34(11-1)14-9-19-41(40)37-23-28-39(29-24-37)53(50-22-10-20-45-42-16-5-2-12-35(42)25-30-46(45)50)49-21-8-7-17-43(49)38-27-32-51-48(33-38)47-31-26-36-13-3-6-18-44(36)52(47)54-51/h1-33H. The Labute approximate surface area is 312 Å². The van der Waals surface area contributed by atoms with E-state index in [0.717, 1.165) is 55.5 Å². The van der Waals surface area contributed by atoms with E-state index in [0.29, 0.717) is 0 Å². The summed E-state index contributed by atoms with van der Waals surface area (Å²) in [5.41, 5.74) is 9.86. The molecule has 0 unspecified atom stereocenters. The number of fused-ring (bicyclic) bond motifs is 9. The van der Waals surface area contributed by atoms with Crippen molar-refractivity contribution in [3.05, 3.63) is 200 Å². The zero-order valence-corrected chi connectivity index (χ0v) is 29.4. The van der Waals surface area contributed by atoms with Crippen LogP contribution in [0.2, 0.25) is 0 Å². The van der Waals surface area contributed by atoms with Gasteiger partial charge in [0.05, 0.1) is 11.4 Å². The summed E-state index contributed by atoms with van der Waals surface area (Å²) in [5, 5.41) is 12.0. The van der Waals surface area contributed by atoms with Gasteiger partial charge < -0.3 is 9.32 Å². The highest BCUT2D eigenvalue weighted by atomic mass is 16.3. The maximum Gasteiger partial charge on any atom is 0.143 e. The highest BCUT2D eigenvalue weighted by Gasteiger charge is 2.21. The fourth-order valence-corrected chi connectivity index (χ4v) is 8.48. The Balaban J connectivity index is 1.12. The third-order valence-electron chi connectivity index (χ3n) is 11.0. The van der Waals surface area contributed by atoms with Crippen molar-refractivity contribution in [2.75, 3.05) is 4.90 Å². The first-order chi connectivity index (χ1) is 26.8. The second-order valence-corrected chi connectivity index (χ2v) is 14.1. The van der Waals surface area contributed by atoms with Crippen LogP contribution in [0, 0.1) is 0 Å². The van der Waals surface area contributed by atoms with Crippen molar-refractivity contribution < 1.29 is 4.42 Å². The van der Waals surface area contributed by atoms with Crippen LogP contribution in [0.4, 0.5) is 17.1 Å². The van der Waals surface area contributed by atoms with E-state index in [9.17, 15) is 0 Å². The minimum absolute atomic E-state index is 0.893. The molecule has 0 N–H and O–H groups in total. The SMILES string of the molecule is c1ccc(N(c2ccc(-c3cccc4ccccc34)cc2)c2cccc3c2ccc2ccccc23)c(-c2ccc3oc4c5ccccc5ccc4c3c2)c1. The molecule has 11 rings (SSSR count). The topological polar surface area (TPSA) is 16.4 Å². The van der Waals surface area contributed by atoms with E-state index >= 15 is 0 Å². The Hall–Kier alpha value is -7.16. The van der Waals surface area contributed by atoms with Gasteiger partial charge >= 0.3 is 0 Å². The Morgan fingerprint density at radius 2 is 0.889 bits per heavy atom. The molecule has 0 aliphatic carbocycles. The van der Waals surface area contributed by atoms with E-state index in [-0.39, 0.29) is 0 Å². The van der Waals surface area contributed by atoms with Crippen LogP contribution in [-0.2, 0) is 0 Å². The molecule has 0 radical (unpaired) electrons. The van der Waals surface area contributed by atoms with Gasteiger partial charge in [-0.05, 0) is 91.5 Å². The van der Waals surface area contributed by atoms with Crippen LogP contribution in [0.3, 0.4) is 0 Å². The molecule has 0 fully saturated rings. The molecular weight excluding hydrogens is 655 g/mol. The lowest BCUT2D eigenvalue weighted by molar-refractivity contribution is 0.672. The molecule has 0 amide bonds. The smallest absolute Gasteiger partial charge is 0.143 e. The number of furan rings is 1. The number of benzene rings is 10. The quantitative estimate of drug-likeness (QED) is 0.168. The highest BCUT2D eigenvalue weighted by Crippen LogP contribution is 2.46. The molecule has 0 spiro atoms. The maximum absolute atomic E-state index is 6.52. The molecule has 252 valence electrons. The maximum atomic E-state index is 6.52. The molecule has 10 aromatic carbocycles. The molecule has 0 saturated heterocycles. The molecule has 0 saturated carbocycles. The van der Waals surface area contributed by atoms with E-state index in [2.05, 4.69) is 205 Å². The van der Waals surface area contributed by atoms with Crippen molar-refractivity contribution in [3.8, 4) is 22.3 Å². The Morgan fingerprint density at radius 1 is 0.315 bits per heavy atom. The van der Waals surface area contributed by atoms with Gasteiger partial charge in [0.25, 0.3) is 0 Å². The van der Waals surface area contributed by atoms with Crippen LogP contribution in [0.25, 0.3) is 87.3 Å². The van der Waals surface area contributed by atoms with E-state index < -0.39 is 0 Å². The first kappa shape index (κ1) is 30.5. The van der Waals surface area contributed by atoms with E-state index in [1.807, 2.05) is 0 Å². The molecular formula is C52H33NO. The number of hydrogen-bond acceptors (Lipinski definition) is 2. The average molecular weight is 688 g/mol. The monoisotopic (exact) mass is 687 g/mol. The number of rotatable bonds is 5. The summed E-state index contributed by atoms with van der Waals surface area (Å²) in [7, 11) is 0. The average Bonchev–Trinajstić information content (AvgIpc) is 3.63. The minimum Gasteiger partial charge on any atom is -0.455 e. The summed E-state index contributed by atoms with van der Waals surface area (Å²) >= 11 is 0. The molecule has 2 nitrogen and oxygen atoms in total. The van der Waals surface area contributed by atoms with Crippen molar-refractivity contribution in [1.82, 2.24) is 0 Å². The van der Waals surface area contributed by atoms with Crippen LogP contribution in [0.1, 0.15) is 0 Å². The fraction of sp³-hybridized carbons (Fsp3) is 0. The normalized spacial score (nSPS) is 11.7. The van der Waals surface area contributed by atoms with Crippen molar-refractivity contribution >= 4 is 82.1 Å². The van der Waals surface area contributed by atoms with Crippen molar-refractivity contribution in [2.24, 2.45) is 0 Å². The van der Waals surface area contributed by atoms with Gasteiger partial charge in [-0.1, -0.05) is 158 Å². The first-order valence-corrected chi connectivity index (χ1v) is 18.5. The predicted molar refractivity (Wildman–Crippen MR) is 229 cm³/mol. The highest BCUT2D eigenvalue weighted by molar-refractivity contribution is 6.16. The lowest BCUT2D eigenvalue weighted by Gasteiger charge is -2.29. The number of nitrogens with zero attached hydrogens (tertiary/aromatic N) is 1. The number of anilines is 3. The van der Waals surface area contributed by atoms with Gasteiger partial charge in [-0.25, -0.2) is 0 Å². The van der Waals surface area contributed by atoms with Crippen molar-refractivity contribution in [2.45, 2.75) is 0 Å². The minimum atomic E-state index is 0.893. The van der Waals surface area contributed by atoms with Crippen LogP contribution in [0.5, 0.6) is 0 Å². The first-order valence-electron chi connectivity index (χ1n) is 18.5. The Morgan fingerprint density at radius 3 is 1.72 bits per heavy atom. The second kappa shape index (κ2) is 12.2. The van der Waals surface area contributed by atoms with Gasteiger partial charge in [-0.2, -0.15) is 0 Å². The molecule has 1 heterocycles. The van der Waals surface area contributed by atoms with Crippen LogP contribution < -0.4 is 4.90 Å². The zero-order chi connectivity index (χ0) is 35.6. The van der Waals surface area contributed by atoms with Crippen LogP contribution in [0.15, 0.2) is 205 Å².